The van der Waals surface area contributed by atoms with Gasteiger partial charge in [0.2, 0.25) is 10.0 Å². The third-order valence-corrected chi connectivity index (χ3v) is 5.20. The predicted molar refractivity (Wildman–Crippen MR) is 82.5 cm³/mol. The predicted octanol–water partition coefficient (Wildman–Crippen LogP) is 1.35. The number of hydrogen-bond acceptors (Lipinski definition) is 5. The van der Waals surface area contributed by atoms with Crippen LogP contribution < -0.4 is 9.46 Å². The maximum absolute atomic E-state index is 12.4. The van der Waals surface area contributed by atoms with Gasteiger partial charge >= 0.3 is 5.97 Å². The zero-order valence-corrected chi connectivity index (χ0v) is 13.8. The molecular weight excluding hydrogens is 314 g/mol. The Morgan fingerprint density at radius 1 is 1.48 bits per heavy atom. The van der Waals surface area contributed by atoms with Crippen LogP contribution in [-0.4, -0.2) is 44.7 Å². The van der Waals surface area contributed by atoms with Crippen molar-refractivity contribution < 1.29 is 23.1 Å². The zero-order chi connectivity index (χ0) is 16.0. The van der Waals surface area contributed by atoms with Gasteiger partial charge in [-0.15, -0.1) is 0 Å². The van der Waals surface area contributed by atoms with E-state index in [-0.39, 0.29) is 22.9 Å². The van der Waals surface area contributed by atoms with Gasteiger partial charge in [0.05, 0.1) is 18.4 Å². The summed E-state index contributed by atoms with van der Waals surface area (Å²) in [7, 11) is -2.33. The zero-order valence-electron chi connectivity index (χ0n) is 12.1. The molecule has 0 aliphatic heterocycles. The van der Waals surface area contributed by atoms with E-state index in [1.54, 1.807) is 6.92 Å². The van der Waals surface area contributed by atoms with Gasteiger partial charge in [0.25, 0.3) is 0 Å². The lowest BCUT2D eigenvalue weighted by atomic mass is 10.1. The van der Waals surface area contributed by atoms with Crippen LogP contribution >= 0.6 is 11.8 Å². The summed E-state index contributed by atoms with van der Waals surface area (Å²) in [4.78, 5) is 10.9. The molecule has 8 heteroatoms. The summed E-state index contributed by atoms with van der Waals surface area (Å²) in [5.74, 6) is -0.0527. The largest absolute Gasteiger partial charge is 0.497 e. The van der Waals surface area contributed by atoms with Gasteiger partial charge in [-0.2, -0.15) is 11.8 Å². The molecule has 0 saturated heterocycles. The van der Waals surface area contributed by atoms with E-state index in [0.29, 0.717) is 11.5 Å². The molecule has 0 amide bonds. The van der Waals surface area contributed by atoms with E-state index in [9.17, 15) is 13.2 Å². The SMILES string of the molecule is COc1ccc(S(=O)(=O)NC(C)CSC)c(CC(=O)O)c1. The second-order valence-corrected chi connectivity index (χ2v) is 7.11. The normalized spacial score (nSPS) is 12.9. The van der Waals surface area contributed by atoms with Crippen LogP contribution in [0.4, 0.5) is 0 Å². The quantitative estimate of drug-likeness (QED) is 0.746. The third kappa shape index (κ3) is 5.22. The van der Waals surface area contributed by atoms with Crippen LogP contribution in [0.5, 0.6) is 5.75 Å². The average molecular weight is 333 g/mol. The lowest BCUT2D eigenvalue weighted by Gasteiger charge is -2.15. The number of carboxylic acid groups (broad SMARTS) is 1. The smallest absolute Gasteiger partial charge is 0.307 e. The second kappa shape index (κ2) is 7.67. The molecule has 6 nitrogen and oxygen atoms in total. The molecule has 1 unspecified atom stereocenters. The number of sulfonamides is 1. The summed E-state index contributed by atoms with van der Waals surface area (Å²) in [5, 5.41) is 8.93. The molecular formula is C13H19NO5S2. The minimum atomic E-state index is -3.77. The van der Waals surface area contributed by atoms with Crippen molar-refractivity contribution in [2.24, 2.45) is 0 Å². The number of carboxylic acids is 1. The lowest BCUT2D eigenvalue weighted by Crippen LogP contribution is -2.34. The maximum Gasteiger partial charge on any atom is 0.307 e. The van der Waals surface area contributed by atoms with Crippen molar-refractivity contribution in [1.82, 2.24) is 4.72 Å². The Balaban J connectivity index is 3.17. The molecule has 1 aromatic rings. The minimum Gasteiger partial charge on any atom is -0.497 e. The Bertz CT molecular complexity index is 601. The summed E-state index contributed by atoms with van der Waals surface area (Å²) in [6.07, 6.45) is 1.50. The number of rotatable bonds is 8. The molecule has 0 spiro atoms. The first kappa shape index (κ1) is 17.8. The van der Waals surface area contributed by atoms with E-state index < -0.39 is 16.0 Å². The third-order valence-electron chi connectivity index (χ3n) is 2.67. The van der Waals surface area contributed by atoms with Crippen molar-refractivity contribution >= 4 is 27.8 Å². The van der Waals surface area contributed by atoms with Gasteiger partial charge < -0.3 is 9.84 Å². The number of thioether (sulfide) groups is 1. The fourth-order valence-corrected chi connectivity index (χ4v) is 4.01. The number of nitrogens with one attached hydrogen (secondary N) is 1. The highest BCUT2D eigenvalue weighted by Gasteiger charge is 2.22. The number of carbonyl (C=O) groups is 1. The molecule has 1 atom stereocenters. The molecule has 0 aliphatic carbocycles. The number of methoxy groups -OCH3 is 1. The highest BCUT2D eigenvalue weighted by molar-refractivity contribution is 7.98. The summed E-state index contributed by atoms with van der Waals surface area (Å²) in [6.45, 7) is 1.76. The lowest BCUT2D eigenvalue weighted by molar-refractivity contribution is -0.136. The van der Waals surface area contributed by atoms with Crippen LogP contribution in [0.1, 0.15) is 12.5 Å². The van der Waals surface area contributed by atoms with Crippen molar-refractivity contribution in [3.05, 3.63) is 23.8 Å². The van der Waals surface area contributed by atoms with Crippen LogP contribution in [-0.2, 0) is 21.2 Å². The summed E-state index contributed by atoms with van der Waals surface area (Å²) >= 11 is 1.53. The Morgan fingerprint density at radius 3 is 2.67 bits per heavy atom. The van der Waals surface area contributed by atoms with Gasteiger partial charge in [-0.05, 0) is 36.9 Å². The van der Waals surface area contributed by atoms with E-state index >= 15 is 0 Å². The van der Waals surface area contributed by atoms with Gasteiger partial charge in [0, 0.05) is 11.8 Å². The topological polar surface area (TPSA) is 92.7 Å². The maximum atomic E-state index is 12.4. The van der Waals surface area contributed by atoms with Crippen LogP contribution in [0, 0.1) is 0 Å². The number of aliphatic carboxylic acids is 1. The number of hydrogen-bond donors (Lipinski definition) is 2. The van der Waals surface area contributed by atoms with Crippen LogP contribution in [0.25, 0.3) is 0 Å². The monoisotopic (exact) mass is 333 g/mol. The first-order chi connectivity index (χ1) is 9.80. The molecule has 0 heterocycles. The van der Waals surface area contributed by atoms with Crippen LogP contribution in [0.3, 0.4) is 0 Å². The molecule has 0 saturated carbocycles. The molecule has 0 aliphatic rings. The fraction of sp³-hybridized carbons (Fsp3) is 0.462. The van der Waals surface area contributed by atoms with Crippen molar-refractivity contribution in [1.29, 1.82) is 0 Å². The summed E-state index contributed by atoms with van der Waals surface area (Å²) in [6, 6.07) is 4.05. The van der Waals surface area contributed by atoms with Crippen molar-refractivity contribution in [3.63, 3.8) is 0 Å². The average Bonchev–Trinajstić information content (AvgIpc) is 2.37. The van der Waals surface area contributed by atoms with Crippen molar-refractivity contribution in [3.8, 4) is 5.75 Å². The highest BCUT2D eigenvalue weighted by atomic mass is 32.2. The van der Waals surface area contributed by atoms with Gasteiger partial charge in [0.15, 0.2) is 0 Å². The van der Waals surface area contributed by atoms with Gasteiger partial charge in [-0.3, -0.25) is 4.79 Å². The van der Waals surface area contributed by atoms with E-state index in [1.165, 1.54) is 37.1 Å². The van der Waals surface area contributed by atoms with E-state index in [1.807, 2.05) is 6.26 Å². The molecule has 0 radical (unpaired) electrons. The molecule has 21 heavy (non-hydrogen) atoms. The van der Waals surface area contributed by atoms with Crippen LogP contribution in [0.2, 0.25) is 0 Å². The first-order valence-corrected chi connectivity index (χ1v) is 9.08. The van der Waals surface area contributed by atoms with E-state index in [2.05, 4.69) is 4.72 Å². The van der Waals surface area contributed by atoms with Crippen molar-refractivity contribution in [2.75, 3.05) is 19.1 Å². The standard InChI is InChI=1S/C13H19NO5S2/c1-9(8-20-3)14-21(17,18)12-5-4-11(19-2)6-10(12)7-13(15)16/h4-6,9,14H,7-8H2,1-3H3,(H,15,16). The van der Waals surface area contributed by atoms with E-state index in [4.69, 9.17) is 9.84 Å². The fourth-order valence-electron chi connectivity index (χ4n) is 1.86. The molecule has 0 bridgehead atoms. The minimum absolute atomic E-state index is 0.0290. The van der Waals surface area contributed by atoms with Crippen LogP contribution in [0.15, 0.2) is 23.1 Å². The molecule has 0 aromatic heterocycles. The van der Waals surface area contributed by atoms with Gasteiger partial charge in [-0.25, -0.2) is 13.1 Å². The summed E-state index contributed by atoms with van der Waals surface area (Å²) < 4.78 is 32.3. The van der Waals surface area contributed by atoms with E-state index in [0.717, 1.165) is 0 Å². The molecule has 118 valence electrons. The Hall–Kier alpha value is -1.25. The van der Waals surface area contributed by atoms with Gasteiger partial charge in [0.1, 0.15) is 5.75 Å². The Morgan fingerprint density at radius 2 is 2.14 bits per heavy atom. The molecule has 0 fully saturated rings. The highest BCUT2D eigenvalue weighted by Crippen LogP contribution is 2.22. The Kier molecular flexibility index (Phi) is 6.50. The van der Waals surface area contributed by atoms with Gasteiger partial charge in [-0.1, -0.05) is 0 Å². The summed E-state index contributed by atoms with van der Waals surface area (Å²) in [5.41, 5.74) is 0.200. The number of benzene rings is 1. The first-order valence-electron chi connectivity index (χ1n) is 6.20. The molecule has 2 N–H and O–H groups in total. The van der Waals surface area contributed by atoms with Crippen molar-refractivity contribution in [2.45, 2.75) is 24.3 Å². The number of ether oxygens (including phenoxy) is 1. The Labute approximate surface area is 128 Å². The molecule has 1 aromatic carbocycles. The second-order valence-electron chi connectivity index (χ2n) is 4.52. The molecule has 1 rings (SSSR count).